The van der Waals surface area contributed by atoms with E-state index in [1.54, 1.807) is 0 Å². The summed E-state index contributed by atoms with van der Waals surface area (Å²) < 4.78 is 35.9. The second-order valence-electron chi connectivity index (χ2n) is 8.80. The molecule has 0 aromatic carbocycles. The lowest BCUT2D eigenvalue weighted by Gasteiger charge is -2.31. The van der Waals surface area contributed by atoms with Gasteiger partial charge >= 0.3 is 17.1 Å². The summed E-state index contributed by atoms with van der Waals surface area (Å²) in [5, 5.41) is 0. The van der Waals surface area contributed by atoms with Crippen LogP contribution in [0.3, 0.4) is 0 Å². The van der Waals surface area contributed by atoms with Crippen LogP contribution in [0.5, 0.6) is 0 Å². The highest BCUT2D eigenvalue weighted by atomic mass is 28.4. The second kappa shape index (κ2) is 15.1. The fourth-order valence-electron chi connectivity index (χ4n) is 3.70. The summed E-state index contributed by atoms with van der Waals surface area (Å²) >= 11 is 0. The number of rotatable bonds is 18. The standard InChI is InChI=1S/C21H48O6Si2/c1-11-24-28(9,16-18(3)4)26-20(7)22-14-13-15-23-21(8)27-29(10,25-12-2)17-19(5)6/h18-21H,11-17H2,1-10H3. The van der Waals surface area contributed by atoms with E-state index in [2.05, 4.69) is 40.8 Å². The van der Waals surface area contributed by atoms with Crippen LogP contribution in [-0.4, -0.2) is 56.1 Å². The van der Waals surface area contributed by atoms with Gasteiger partial charge in [0.25, 0.3) is 0 Å². The average molecular weight is 453 g/mol. The highest BCUT2D eigenvalue weighted by Crippen LogP contribution is 2.23. The van der Waals surface area contributed by atoms with Crippen LogP contribution in [0.1, 0.15) is 61.8 Å². The average Bonchev–Trinajstić information content (AvgIpc) is 2.52. The number of hydrogen-bond donors (Lipinski definition) is 0. The van der Waals surface area contributed by atoms with Gasteiger partial charge in [-0.1, -0.05) is 27.7 Å². The summed E-state index contributed by atoms with van der Waals surface area (Å²) in [5.41, 5.74) is 0. The monoisotopic (exact) mass is 452 g/mol. The molecule has 176 valence electrons. The molecular formula is C21H48O6Si2. The molecule has 0 saturated carbocycles. The normalized spacial score (nSPS) is 18.6. The van der Waals surface area contributed by atoms with Crippen molar-refractivity contribution in [3.8, 4) is 0 Å². The van der Waals surface area contributed by atoms with Crippen LogP contribution in [0.25, 0.3) is 0 Å². The molecule has 0 N–H and O–H groups in total. The maximum atomic E-state index is 6.16. The van der Waals surface area contributed by atoms with Crippen molar-refractivity contribution in [2.24, 2.45) is 11.8 Å². The SMILES string of the molecule is CCO[Si](C)(CC(C)C)OC(C)OCCCOC(C)O[Si](C)(CC(C)C)OCC. The van der Waals surface area contributed by atoms with Gasteiger partial charge in [0.05, 0.1) is 13.2 Å². The highest BCUT2D eigenvalue weighted by Gasteiger charge is 2.35. The van der Waals surface area contributed by atoms with Crippen molar-refractivity contribution < 1.29 is 27.2 Å². The lowest BCUT2D eigenvalue weighted by Crippen LogP contribution is -2.43. The van der Waals surface area contributed by atoms with Crippen LogP contribution < -0.4 is 0 Å². The fourth-order valence-corrected chi connectivity index (χ4v) is 10.00. The third kappa shape index (κ3) is 14.8. The molecule has 6 nitrogen and oxygen atoms in total. The van der Waals surface area contributed by atoms with Gasteiger partial charge in [-0.15, -0.1) is 0 Å². The van der Waals surface area contributed by atoms with Crippen LogP contribution in [0.2, 0.25) is 25.2 Å². The van der Waals surface area contributed by atoms with Crippen molar-refractivity contribution in [2.45, 2.75) is 99.6 Å². The molecule has 0 aromatic heterocycles. The maximum Gasteiger partial charge on any atom is 0.337 e. The number of ether oxygens (including phenoxy) is 2. The first kappa shape index (κ1) is 29.2. The Kier molecular flexibility index (Phi) is 15.2. The van der Waals surface area contributed by atoms with Crippen molar-refractivity contribution in [3.05, 3.63) is 0 Å². The first-order valence-corrected chi connectivity index (χ1v) is 16.4. The second-order valence-corrected chi connectivity index (χ2v) is 15.2. The van der Waals surface area contributed by atoms with Gasteiger partial charge < -0.3 is 27.2 Å². The zero-order valence-corrected chi connectivity index (χ0v) is 22.7. The van der Waals surface area contributed by atoms with Gasteiger partial charge in [-0.05, 0) is 71.1 Å². The predicted octanol–water partition coefficient (Wildman–Crippen LogP) is 5.66. The van der Waals surface area contributed by atoms with Crippen LogP contribution in [-0.2, 0) is 27.2 Å². The van der Waals surface area contributed by atoms with Crippen molar-refractivity contribution >= 4 is 17.1 Å². The summed E-state index contributed by atoms with van der Waals surface area (Å²) in [6.45, 7) is 23.5. The van der Waals surface area contributed by atoms with Crippen molar-refractivity contribution in [1.82, 2.24) is 0 Å². The zero-order valence-electron chi connectivity index (χ0n) is 20.7. The van der Waals surface area contributed by atoms with Gasteiger partial charge in [-0.3, -0.25) is 0 Å². The molecular weight excluding hydrogens is 404 g/mol. The quantitative estimate of drug-likeness (QED) is 0.152. The lowest BCUT2D eigenvalue weighted by atomic mass is 10.3. The molecule has 4 unspecified atom stereocenters. The molecule has 0 spiro atoms. The Morgan fingerprint density at radius 2 is 0.966 bits per heavy atom. The summed E-state index contributed by atoms with van der Waals surface area (Å²) in [6, 6.07) is 1.93. The maximum absolute atomic E-state index is 6.16. The van der Waals surface area contributed by atoms with Gasteiger partial charge in [0.2, 0.25) is 0 Å². The topological polar surface area (TPSA) is 55.4 Å². The first-order chi connectivity index (χ1) is 13.4. The molecule has 0 fully saturated rings. The Bertz CT molecular complexity index is 377. The van der Waals surface area contributed by atoms with Crippen LogP contribution >= 0.6 is 0 Å². The molecule has 0 aromatic rings. The lowest BCUT2D eigenvalue weighted by molar-refractivity contribution is -0.110. The van der Waals surface area contributed by atoms with Gasteiger partial charge in [0.1, 0.15) is 12.6 Å². The number of hydrogen-bond acceptors (Lipinski definition) is 6. The Labute approximate surface area is 182 Å². The van der Waals surface area contributed by atoms with Crippen molar-refractivity contribution in [2.75, 3.05) is 26.4 Å². The van der Waals surface area contributed by atoms with E-state index < -0.39 is 17.1 Å². The largest absolute Gasteiger partial charge is 0.395 e. The van der Waals surface area contributed by atoms with Crippen molar-refractivity contribution in [1.29, 1.82) is 0 Å². The van der Waals surface area contributed by atoms with Gasteiger partial charge in [0.15, 0.2) is 0 Å². The smallest absolute Gasteiger partial charge is 0.337 e. The van der Waals surface area contributed by atoms with Gasteiger partial charge in [-0.2, -0.15) is 0 Å². The molecule has 0 aliphatic carbocycles. The summed E-state index contributed by atoms with van der Waals surface area (Å²) in [7, 11) is -4.39. The molecule has 0 aliphatic rings. The molecule has 0 rings (SSSR count). The zero-order chi connectivity index (χ0) is 22.5. The highest BCUT2D eigenvalue weighted by molar-refractivity contribution is 6.66. The van der Waals surface area contributed by atoms with Gasteiger partial charge in [-0.25, -0.2) is 0 Å². The van der Waals surface area contributed by atoms with Gasteiger partial charge in [0, 0.05) is 13.2 Å². The minimum Gasteiger partial charge on any atom is -0.395 e. The molecule has 0 amide bonds. The summed E-state index contributed by atoms with van der Waals surface area (Å²) in [4.78, 5) is 0. The van der Waals surface area contributed by atoms with E-state index in [1.807, 2.05) is 27.7 Å². The fraction of sp³-hybridized carbons (Fsp3) is 1.00. The third-order valence-electron chi connectivity index (χ3n) is 4.28. The molecule has 0 aliphatic heterocycles. The Morgan fingerprint density at radius 3 is 1.24 bits per heavy atom. The van der Waals surface area contributed by atoms with E-state index >= 15 is 0 Å². The minimum absolute atomic E-state index is 0.273. The van der Waals surface area contributed by atoms with Crippen LogP contribution in [0.15, 0.2) is 0 Å². The van der Waals surface area contributed by atoms with E-state index in [0.29, 0.717) is 38.3 Å². The Balaban J connectivity index is 4.20. The molecule has 4 atom stereocenters. The van der Waals surface area contributed by atoms with E-state index in [4.69, 9.17) is 27.2 Å². The molecule has 0 saturated heterocycles. The minimum atomic E-state index is -2.20. The van der Waals surface area contributed by atoms with E-state index in [1.165, 1.54) is 0 Å². The summed E-state index contributed by atoms with van der Waals surface area (Å²) in [5.74, 6) is 1.09. The van der Waals surface area contributed by atoms with E-state index in [0.717, 1.165) is 18.5 Å². The first-order valence-electron chi connectivity index (χ1n) is 11.3. The van der Waals surface area contributed by atoms with Crippen LogP contribution in [0.4, 0.5) is 0 Å². The Hall–Kier alpha value is 0.194. The molecule has 0 radical (unpaired) electrons. The van der Waals surface area contributed by atoms with E-state index in [9.17, 15) is 0 Å². The molecule has 8 heteroatoms. The molecule has 0 bridgehead atoms. The third-order valence-corrected chi connectivity index (χ3v) is 10.9. The predicted molar refractivity (Wildman–Crippen MR) is 123 cm³/mol. The van der Waals surface area contributed by atoms with Crippen LogP contribution in [0, 0.1) is 11.8 Å². The van der Waals surface area contributed by atoms with E-state index in [-0.39, 0.29) is 12.6 Å². The Morgan fingerprint density at radius 1 is 0.621 bits per heavy atom. The molecule has 29 heavy (non-hydrogen) atoms. The summed E-state index contributed by atoms with van der Waals surface area (Å²) in [6.07, 6.45) is 0.242. The molecule has 0 heterocycles. The van der Waals surface area contributed by atoms with Crippen molar-refractivity contribution in [3.63, 3.8) is 0 Å².